The summed E-state index contributed by atoms with van der Waals surface area (Å²) in [5.74, 6) is 0.0459. The Balaban J connectivity index is 1.39. The average molecular weight is 678 g/mol. The Bertz CT molecular complexity index is 2130. The molecule has 10 nitrogen and oxygen atoms in total. The second-order valence-corrected chi connectivity index (χ2v) is 13.8. The number of carbonyl (C=O) groups excluding carboxylic acids is 1. The molecule has 0 spiro atoms. The van der Waals surface area contributed by atoms with Gasteiger partial charge in [-0.05, 0) is 88.2 Å². The minimum atomic E-state index is -0.821. The molecule has 3 aliphatic heterocycles. The minimum absolute atomic E-state index is 0.00989. The lowest BCUT2D eigenvalue weighted by Crippen LogP contribution is -2.43. The summed E-state index contributed by atoms with van der Waals surface area (Å²) in [7, 11) is 0. The molecule has 3 N–H and O–H groups in total. The first-order valence-corrected chi connectivity index (χ1v) is 16.9. The molecule has 7 rings (SSSR count). The van der Waals surface area contributed by atoms with Gasteiger partial charge in [0.15, 0.2) is 5.82 Å². The number of primary amides is 1. The molecular formula is C38H37F2N7O3. The number of phenolic OH excluding ortho intramolecular Hbond substituents is 1. The Kier molecular flexibility index (Phi) is 8.53. The Morgan fingerprint density at radius 1 is 1.18 bits per heavy atom. The number of nitrogens with zero attached hydrogens (tertiary/aromatic N) is 6. The van der Waals surface area contributed by atoms with Crippen LogP contribution in [0.25, 0.3) is 32.9 Å². The van der Waals surface area contributed by atoms with Gasteiger partial charge in [0.1, 0.15) is 35.2 Å². The third-order valence-corrected chi connectivity index (χ3v) is 10.8. The van der Waals surface area contributed by atoms with Gasteiger partial charge in [-0.15, -0.1) is 6.42 Å². The summed E-state index contributed by atoms with van der Waals surface area (Å²) in [5.41, 5.74) is 4.28. The number of ether oxygens (including phenoxy) is 1. The van der Waals surface area contributed by atoms with Gasteiger partial charge in [-0.1, -0.05) is 18.1 Å². The number of phenols is 1. The number of benzene rings is 2. The Labute approximate surface area is 288 Å². The van der Waals surface area contributed by atoms with E-state index in [2.05, 4.69) is 26.9 Å². The highest BCUT2D eigenvalue weighted by atomic mass is 19.1. The summed E-state index contributed by atoms with van der Waals surface area (Å²) in [6.07, 6.45) is 15.4. The van der Waals surface area contributed by atoms with E-state index in [1.54, 1.807) is 6.08 Å². The number of pyridine rings is 1. The number of fused-ring (bicyclic) bond motifs is 3. The van der Waals surface area contributed by atoms with E-state index in [9.17, 15) is 19.6 Å². The van der Waals surface area contributed by atoms with Gasteiger partial charge in [-0.3, -0.25) is 14.7 Å². The third kappa shape index (κ3) is 5.73. The second-order valence-electron chi connectivity index (χ2n) is 13.8. The Hall–Kier alpha value is -5.33. The van der Waals surface area contributed by atoms with Crippen LogP contribution >= 0.6 is 0 Å². The van der Waals surface area contributed by atoms with Crippen molar-refractivity contribution >= 4 is 33.4 Å². The molecule has 12 heteroatoms. The number of nitriles is 1. The van der Waals surface area contributed by atoms with Crippen molar-refractivity contribution in [1.82, 2.24) is 19.9 Å². The number of hydrogen-bond acceptors (Lipinski definition) is 9. The van der Waals surface area contributed by atoms with Crippen molar-refractivity contribution in [2.45, 2.75) is 51.0 Å². The highest BCUT2D eigenvalue weighted by Crippen LogP contribution is 2.42. The second kappa shape index (κ2) is 12.8. The lowest BCUT2D eigenvalue weighted by molar-refractivity contribution is -0.113. The highest BCUT2D eigenvalue weighted by molar-refractivity contribution is 6.03. The molecule has 256 valence electrons. The standard InChI is InChI=1S/C38H37F2N7O3/c1-3-26-29(39)9-7-23-17-25(48)18-27(31(23)26)33-32(40)34-28(19-43-33)35(45-36(44-34)50-22-38-12-5-15-47(38)16-6-13-38)46-14-4-11-37(2,21-41)24(20-46)8-10-30(42)49/h1,7-10,17-19,24,48H,4-6,11-16,20,22H2,2H3,(H2,42,49)/t24-,37-/m1/s1. The van der Waals surface area contributed by atoms with Crippen molar-refractivity contribution in [3.05, 3.63) is 59.8 Å². The number of aromatic hydroxyl groups is 1. The minimum Gasteiger partial charge on any atom is -0.508 e. The van der Waals surface area contributed by atoms with Crippen molar-refractivity contribution in [2.75, 3.05) is 37.7 Å². The van der Waals surface area contributed by atoms with Crippen LogP contribution in [0.2, 0.25) is 0 Å². The van der Waals surface area contributed by atoms with E-state index in [1.807, 2.05) is 11.8 Å². The molecule has 0 unspecified atom stereocenters. The summed E-state index contributed by atoms with van der Waals surface area (Å²) in [6.45, 7) is 4.96. The van der Waals surface area contributed by atoms with E-state index >= 15 is 4.39 Å². The molecule has 4 aromatic rings. The molecule has 0 radical (unpaired) electrons. The number of terminal acetylenes is 1. The van der Waals surface area contributed by atoms with E-state index in [1.165, 1.54) is 36.5 Å². The topological polar surface area (TPSA) is 141 Å². The van der Waals surface area contributed by atoms with Crippen LogP contribution < -0.4 is 15.4 Å². The number of aromatic nitrogens is 3. The summed E-state index contributed by atoms with van der Waals surface area (Å²) in [5, 5.41) is 21.7. The fourth-order valence-electron chi connectivity index (χ4n) is 8.10. The van der Waals surface area contributed by atoms with Gasteiger partial charge in [-0.2, -0.15) is 15.2 Å². The number of amides is 1. The normalized spacial score (nSPS) is 22.0. The maximum atomic E-state index is 17.0. The van der Waals surface area contributed by atoms with E-state index in [4.69, 9.17) is 21.9 Å². The monoisotopic (exact) mass is 677 g/mol. The molecule has 2 atom stereocenters. The van der Waals surface area contributed by atoms with E-state index in [-0.39, 0.29) is 51.6 Å². The van der Waals surface area contributed by atoms with Crippen molar-refractivity contribution in [1.29, 1.82) is 5.26 Å². The van der Waals surface area contributed by atoms with Crippen LogP contribution in [-0.4, -0.2) is 69.2 Å². The van der Waals surface area contributed by atoms with Crippen LogP contribution in [0.15, 0.2) is 42.6 Å². The molecule has 0 aliphatic carbocycles. The summed E-state index contributed by atoms with van der Waals surface area (Å²) >= 11 is 0. The van der Waals surface area contributed by atoms with Crippen molar-refractivity contribution in [2.24, 2.45) is 17.1 Å². The average Bonchev–Trinajstić information content (AvgIpc) is 3.64. The van der Waals surface area contributed by atoms with Crippen molar-refractivity contribution < 1.29 is 23.4 Å². The number of halogens is 2. The van der Waals surface area contributed by atoms with E-state index in [0.717, 1.165) is 38.8 Å². The largest absolute Gasteiger partial charge is 0.508 e. The molecule has 1 amide bonds. The molecule has 0 saturated carbocycles. The van der Waals surface area contributed by atoms with Crippen LogP contribution in [0.1, 0.15) is 51.0 Å². The third-order valence-electron chi connectivity index (χ3n) is 10.8. The molecule has 3 fully saturated rings. The fraction of sp³-hybridized carbons (Fsp3) is 0.395. The van der Waals surface area contributed by atoms with Crippen molar-refractivity contribution in [3.63, 3.8) is 0 Å². The first-order valence-electron chi connectivity index (χ1n) is 16.9. The first kappa shape index (κ1) is 33.2. The first-order chi connectivity index (χ1) is 24.1. The fourth-order valence-corrected chi connectivity index (χ4v) is 8.10. The quantitative estimate of drug-likeness (QED) is 0.189. The van der Waals surface area contributed by atoms with Crippen LogP contribution in [0.3, 0.4) is 0 Å². The number of rotatable bonds is 7. The van der Waals surface area contributed by atoms with Gasteiger partial charge in [0, 0.05) is 36.2 Å². The summed E-state index contributed by atoms with van der Waals surface area (Å²) in [6, 6.07) is 7.82. The van der Waals surface area contributed by atoms with Gasteiger partial charge in [0.25, 0.3) is 0 Å². The zero-order chi connectivity index (χ0) is 35.2. The molecule has 50 heavy (non-hydrogen) atoms. The predicted molar refractivity (Wildman–Crippen MR) is 185 cm³/mol. The Morgan fingerprint density at radius 2 is 1.94 bits per heavy atom. The van der Waals surface area contributed by atoms with E-state index in [0.29, 0.717) is 42.6 Å². The van der Waals surface area contributed by atoms with Gasteiger partial charge < -0.3 is 20.5 Å². The SMILES string of the molecule is C#Cc1c(F)ccc2cc(O)cc(-c3ncc4c(N5CCC[C@](C)(C#N)[C@H](C=CC(N)=O)C5)nc(OCC56CCCN5CCC6)nc4c3F)c12. The molecule has 2 aromatic heterocycles. The molecule has 3 aliphatic rings. The van der Waals surface area contributed by atoms with Gasteiger partial charge in [0.2, 0.25) is 5.91 Å². The number of hydrogen-bond donors (Lipinski definition) is 2. The maximum absolute atomic E-state index is 17.0. The molecule has 2 aromatic carbocycles. The molecule has 0 bridgehead atoms. The van der Waals surface area contributed by atoms with Crippen LogP contribution in [-0.2, 0) is 4.79 Å². The number of anilines is 1. The highest BCUT2D eigenvalue weighted by Gasteiger charge is 2.45. The predicted octanol–water partition coefficient (Wildman–Crippen LogP) is 5.61. The Morgan fingerprint density at radius 3 is 2.66 bits per heavy atom. The van der Waals surface area contributed by atoms with Gasteiger partial charge in [0.05, 0.1) is 28.0 Å². The zero-order valence-electron chi connectivity index (χ0n) is 27.8. The number of carbonyl (C=O) groups is 1. The zero-order valence-corrected chi connectivity index (χ0v) is 27.8. The summed E-state index contributed by atoms with van der Waals surface area (Å²) < 4.78 is 38.3. The van der Waals surface area contributed by atoms with E-state index < -0.39 is 28.9 Å². The van der Waals surface area contributed by atoms with Crippen LogP contribution in [0, 0.1) is 46.6 Å². The molecule has 3 saturated heterocycles. The summed E-state index contributed by atoms with van der Waals surface area (Å²) in [4.78, 5) is 30.0. The lowest BCUT2D eigenvalue weighted by atomic mass is 9.75. The molecule has 5 heterocycles. The number of nitrogens with two attached hydrogens (primary N) is 1. The lowest BCUT2D eigenvalue weighted by Gasteiger charge is -2.32. The van der Waals surface area contributed by atoms with Crippen LogP contribution in [0.5, 0.6) is 11.8 Å². The maximum Gasteiger partial charge on any atom is 0.319 e. The molecular weight excluding hydrogens is 640 g/mol. The van der Waals surface area contributed by atoms with Crippen LogP contribution in [0.4, 0.5) is 14.6 Å². The van der Waals surface area contributed by atoms with Gasteiger partial charge in [-0.25, -0.2) is 8.78 Å². The van der Waals surface area contributed by atoms with Crippen molar-refractivity contribution in [3.8, 4) is 41.4 Å². The smallest absolute Gasteiger partial charge is 0.319 e. The van der Waals surface area contributed by atoms with Gasteiger partial charge >= 0.3 is 6.01 Å².